The Morgan fingerprint density at radius 3 is 2.55 bits per heavy atom. The lowest BCUT2D eigenvalue weighted by Crippen LogP contribution is -2.37. The molecule has 0 amide bonds. The van der Waals surface area contributed by atoms with Gasteiger partial charge in [-0.05, 0) is 96.3 Å². The summed E-state index contributed by atoms with van der Waals surface area (Å²) in [7, 11) is 4.27. The standard InChI is InChI=1S/C18H29NO/c1-13-12-14(2)16-8-10-18(4,9-7-11-19(5)6)20-17(16)15(13)3/h12H,7-11H2,1-6H3. The fourth-order valence-electron chi connectivity index (χ4n) is 3.19. The normalized spacial score (nSPS) is 21.8. The number of hydrogen-bond donors (Lipinski definition) is 0. The van der Waals surface area contributed by atoms with Crippen molar-refractivity contribution >= 4 is 0 Å². The zero-order chi connectivity index (χ0) is 14.9. The van der Waals surface area contributed by atoms with Crippen molar-refractivity contribution in [3.05, 3.63) is 28.3 Å². The molecule has 1 aliphatic rings. The van der Waals surface area contributed by atoms with Gasteiger partial charge in [-0.3, -0.25) is 0 Å². The van der Waals surface area contributed by atoms with E-state index in [2.05, 4.69) is 52.8 Å². The van der Waals surface area contributed by atoms with E-state index in [0.717, 1.165) is 25.8 Å². The average Bonchev–Trinajstić information content (AvgIpc) is 2.35. The highest BCUT2D eigenvalue weighted by molar-refractivity contribution is 5.51. The molecule has 2 heteroatoms. The number of aryl methyl sites for hydroxylation is 2. The van der Waals surface area contributed by atoms with Crippen LogP contribution in [-0.2, 0) is 6.42 Å². The summed E-state index contributed by atoms with van der Waals surface area (Å²) in [4.78, 5) is 2.25. The smallest absolute Gasteiger partial charge is 0.126 e. The molecular weight excluding hydrogens is 246 g/mol. The van der Waals surface area contributed by atoms with E-state index in [0.29, 0.717) is 0 Å². The summed E-state index contributed by atoms with van der Waals surface area (Å²) >= 11 is 0. The van der Waals surface area contributed by atoms with Crippen molar-refractivity contribution in [1.29, 1.82) is 0 Å². The summed E-state index contributed by atoms with van der Waals surface area (Å²) in [6.45, 7) is 10.0. The van der Waals surface area contributed by atoms with Crippen LogP contribution in [0.1, 0.15) is 48.4 Å². The molecule has 1 unspecified atom stereocenters. The summed E-state index contributed by atoms with van der Waals surface area (Å²) in [6.07, 6.45) is 4.62. The first-order valence-electron chi connectivity index (χ1n) is 7.76. The van der Waals surface area contributed by atoms with Gasteiger partial charge in [-0.1, -0.05) is 6.07 Å². The van der Waals surface area contributed by atoms with Crippen LogP contribution in [0.2, 0.25) is 0 Å². The third-order valence-corrected chi connectivity index (χ3v) is 4.68. The Morgan fingerprint density at radius 2 is 1.90 bits per heavy atom. The van der Waals surface area contributed by atoms with Crippen LogP contribution >= 0.6 is 0 Å². The van der Waals surface area contributed by atoms with E-state index >= 15 is 0 Å². The van der Waals surface area contributed by atoms with E-state index in [1.807, 2.05) is 0 Å². The summed E-state index contributed by atoms with van der Waals surface area (Å²) in [5.74, 6) is 1.17. The Kier molecular flexibility index (Phi) is 4.43. The van der Waals surface area contributed by atoms with E-state index in [1.54, 1.807) is 0 Å². The zero-order valence-electron chi connectivity index (χ0n) is 14.0. The molecule has 0 aromatic heterocycles. The van der Waals surface area contributed by atoms with Gasteiger partial charge in [0, 0.05) is 0 Å². The Balaban J connectivity index is 2.17. The second-order valence-electron chi connectivity index (χ2n) is 6.90. The maximum atomic E-state index is 6.48. The lowest BCUT2D eigenvalue weighted by atomic mass is 9.85. The van der Waals surface area contributed by atoms with E-state index in [4.69, 9.17) is 4.74 Å². The van der Waals surface area contributed by atoms with Crippen LogP contribution in [0.4, 0.5) is 0 Å². The first-order valence-corrected chi connectivity index (χ1v) is 7.76. The monoisotopic (exact) mass is 275 g/mol. The number of nitrogens with zero attached hydrogens (tertiary/aromatic N) is 1. The molecule has 1 heterocycles. The molecule has 0 bridgehead atoms. The lowest BCUT2D eigenvalue weighted by molar-refractivity contribution is 0.0512. The first kappa shape index (κ1) is 15.4. The molecule has 0 aliphatic carbocycles. The molecule has 112 valence electrons. The van der Waals surface area contributed by atoms with Gasteiger partial charge in [0.15, 0.2) is 0 Å². The average molecular weight is 275 g/mol. The van der Waals surface area contributed by atoms with Gasteiger partial charge in [0.2, 0.25) is 0 Å². The highest BCUT2D eigenvalue weighted by Gasteiger charge is 2.32. The highest BCUT2D eigenvalue weighted by atomic mass is 16.5. The van der Waals surface area contributed by atoms with Gasteiger partial charge in [0.05, 0.1) is 0 Å². The molecule has 0 saturated heterocycles. The van der Waals surface area contributed by atoms with Crippen LogP contribution in [0.3, 0.4) is 0 Å². The van der Waals surface area contributed by atoms with Crippen molar-refractivity contribution in [3.8, 4) is 5.75 Å². The van der Waals surface area contributed by atoms with E-state index in [9.17, 15) is 0 Å². The van der Waals surface area contributed by atoms with Gasteiger partial charge in [0.25, 0.3) is 0 Å². The largest absolute Gasteiger partial charge is 0.487 e. The number of rotatable bonds is 4. The second kappa shape index (κ2) is 5.77. The highest BCUT2D eigenvalue weighted by Crippen LogP contribution is 2.40. The maximum absolute atomic E-state index is 6.48. The molecular formula is C18H29NO. The minimum Gasteiger partial charge on any atom is -0.487 e. The van der Waals surface area contributed by atoms with Crippen molar-refractivity contribution < 1.29 is 4.74 Å². The molecule has 1 aromatic rings. The maximum Gasteiger partial charge on any atom is 0.126 e. The Labute approximate surface area is 124 Å². The molecule has 2 nitrogen and oxygen atoms in total. The molecule has 0 radical (unpaired) electrons. The van der Waals surface area contributed by atoms with Crippen LogP contribution in [0, 0.1) is 20.8 Å². The molecule has 0 fully saturated rings. The lowest BCUT2D eigenvalue weighted by Gasteiger charge is -2.38. The van der Waals surface area contributed by atoms with E-state index in [-0.39, 0.29) is 5.60 Å². The molecule has 20 heavy (non-hydrogen) atoms. The second-order valence-corrected chi connectivity index (χ2v) is 6.90. The Hall–Kier alpha value is -1.02. The first-order chi connectivity index (χ1) is 9.32. The molecule has 1 aromatic carbocycles. The zero-order valence-corrected chi connectivity index (χ0v) is 14.0. The van der Waals surface area contributed by atoms with E-state index in [1.165, 1.54) is 34.4 Å². The molecule has 2 rings (SSSR count). The van der Waals surface area contributed by atoms with Crippen LogP contribution in [0.15, 0.2) is 6.07 Å². The number of fused-ring (bicyclic) bond motifs is 1. The fourth-order valence-corrected chi connectivity index (χ4v) is 3.19. The molecule has 1 atom stereocenters. The predicted octanol–water partition coefficient (Wildman–Crippen LogP) is 4.04. The molecule has 1 aliphatic heterocycles. The number of hydrogen-bond acceptors (Lipinski definition) is 2. The summed E-state index contributed by atoms with van der Waals surface area (Å²) in [5.41, 5.74) is 5.49. The summed E-state index contributed by atoms with van der Waals surface area (Å²) < 4.78 is 6.48. The van der Waals surface area contributed by atoms with Gasteiger partial charge in [-0.2, -0.15) is 0 Å². The quantitative estimate of drug-likeness (QED) is 0.822. The summed E-state index contributed by atoms with van der Waals surface area (Å²) in [5, 5.41) is 0. The Morgan fingerprint density at radius 1 is 1.20 bits per heavy atom. The van der Waals surface area contributed by atoms with Gasteiger partial charge < -0.3 is 9.64 Å². The fraction of sp³-hybridized carbons (Fsp3) is 0.667. The molecule has 0 saturated carbocycles. The van der Waals surface area contributed by atoms with Gasteiger partial charge in [0.1, 0.15) is 11.4 Å². The van der Waals surface area contributed by atoms with Crippen molar-refractivity contribution in [2.45, 2.75) is 59.0 Å². The van der Waals surface area contributed by atoms with Crippen LogP contribution in [0.25, 0.3) is 0 Å². The van der Waals surface area contributed by atoms with Crippen molar-refractivity contribution in [3.63, 3.8) is 0 Å². The third-order valence-electron chi connectivity index (χ3n) is 4.68. The Bertz CT molecular complexity index is 493. The van der Waals surface area contributed by atoms with Gasteiger partial charge in [-0.25, -0.2) is 0 Å². The molecule has 0 N–H and O–H groups in total. The minimum absolute atomic E-state index is 0.00794. The number of ether oxygens (including phenoxy) is 1. The van der Waals surface area contributed by atoms with Crippen molar-refractivity contribution in [2.75, 3.05) is 20.6 Å². The third kappa shape index (κ3) is 3.17. The SMILES string of the molecule is Cc1cc(C)c2c(c1C)OC(C)(CCCN(C)C)CC2. The topological polar surface area (TPSA) is 12.5 Å². The van der Waals surface area contributed by atoms with Gasteiger partial charge >= 0.3 is 0 Å². The van der Waals surface area contributed by atoms with Crippen molar-refractivity contribution in [2.24, 2.45) is 0 Å². The van der Waals surface area contributed by atoms with Crippen molar-refractivity contribution in [1.82, 2.24) is 4.90 Å². The van der Waals surface area contributed by atoms with Gasteiger partial charge in [-0.15, -0.1) is 0 Å². The predicted molar refractivity (Wildman–Crippen MR) is 85.8 cm³/mol. The van der Waals surface area contributed by atoms with Crippen LogP contribution < -0.4 is 4.74 Å². The van der Waals surface area contributed by atoms with E-state index < -0.39 is 0 Å². The number of benzene rings is 1. The minimum atomic E-state index is 0.00794. The molecule has 0 spiro atoms. The summed E-state index contributed by atoms with van der Waals surface area (Å²) in [6, 6.07) is 2.30. The van der Waals surface area contributed by atoms with Crippen LogP contribution in [0.5, 0.6) is 5.75 Å². The van der Waals surface area contributed by atoms with Crippen LogP contribution in [-0.4, -0.2) is 31.1 Å².